The lowest BCUT2D eigenvalue weighted by Crippen LogP contribution is -2.06. The lowest BCUT2D eigenvalue weighted by Gasteiger charge is -2.13. The van der Waals surface area contributed by atoms with Gasteiger partial charge in [0.25, 0.3) is 0 Å². The first kappa shape index (κ1) is 12.2. The zero-order valence-electron chi connectivity index (χ0n) is 11.4. The van der Waals surface area contributed by atoms with E-state index in [0.29, 0.717) is 0 Å². The van der Waals surface area contributed by atoms with E-state index in [0.717, 1.165) is 35.5 Å². The number of aryl methyl sites for hydroxylation is 1. The van der Waals surface area contributed by atoms with E-state index in [1.807, 2.05) is 6.92 Å². The quantitative estimate of drug-likeness (QED) is 0.822. The van der Waals surface area contributed by atoms with E-state index >= 15 is 0 Å². The third kappa shape index (κ3) is 2.78. The molecule has 100 valence electrons. The van der Waals surface area contributed by atoms with E-state index in [1.165, 1.54) is 25.7 Å². The van der Waals surface area contributed by atoms with Crippen LogP contribution < -0.4 is 5.32 Å². The molecule has 4 heteroatoms. The molecule has 0 aromatic carbocycles. The average molecular weight is 256 g/mol. The number of allylic oxidation sites excluding steroid dienone is 1. The summed E-state index contributed by atoms with van der Waals surface area (Å²) in [5, 5.41) is 4.52. The molecule has 0 spiro atoms. The highest BCUT2D eigenvalue weighted by Crippen LogP contribution is 2.22. The number of fused-ring (bicyclic) bond motifs is 1. The van der Waals surface area contributed by atoms with E-state index < -0.39 is 0 Å². The van der Waals surface area contributed by atoms with Gasteiger partial charge in [0.2, 0.25) is 0 Å². The van der Waals surface area contributed by atoms with Crippen LogP contribution in [0.3, 0.4) is 0 Å². The van der Waals surface area contributed by atoms with Crippen molar-refractivity contribution in [2.75, 3.05) is 11.9 Å². The van der Waals surface area contributed by atoms with Crippen LogP contribution in [0, 0.1) is 6.92 Å². The van der Waals surface area contributed by atoms with Gasteiger partial charge < -0.3 is 10.3 Å². The van der Waals surface area contributed by atoms with Crippen LogP contribution in [0.4, 0.5) is 5.82 Å². The molecule has 19 heavy (non-hydrogen) atoms. The number of nitrogens with zero attached hydrogens (tertiary/aromatic N) is 2. The van der Waals surface area contributed by atoms with Gasteiger partial charge in [-0.3, -0.25) is 0 Å². The highest BCUT2D eigenvalue weighted by atomic mass is 15.0. The molecule has 0 unspecified atom stereocenters. The van der Waals surface area contributed by atoms with Crippen molar-refractivity contribution in [1.29, 1.82) is 0 Å². The predicted octanol–water partition coefficient (Wildman–Crippen LogP) is 3.57. The van der Waals surface area contributed by atoms with E-state index in [4.69, 9.17) is 0 Å². The second-order valence-electron chi connectivity index (χ2n) is 5.22. The normalized spacial score (nSPS) is 15.5. The molecule has 2 N–H and O–H groups in total. The van der Waals surface area contributed by atoms with Crippen molar-refractivity contribution in [2.45, 2.75) is 39.0 Å². The second-order valence-corrected chi connectivity index (χ2v) is 5.22. The Morgan fingerprint density at radius 3 is 3.11 bits per heavy atom. The highest BCUT2D eigenvalue weighted by molar-refractivity contribution is 5.87. The van der Waals surface area contributed by atoms with Crippen LogP contribution in [0.25, 0.3) is 11.0 Å². The Bertz CT molecular complexity index is 597. The lowest BCUT2D eigenvalue weighted by atomic mass is 9.97. The molecule has 0 saturated carbocycles. The Hall–Kier alpha value is -1.84. The van der Waals surface area contributed by atoms with Crippen LogP contribution in [0.5, 0.6) is 0 Å². The summed E-state index contributed by atoms with van der Waals surface area (Å²) < 4.78 is 0. The van der Waals surface area contributed by atoms with Crippen molar-refractivity contribution in [3.8, 4) is 0 Å². The maximum atomic E-state index is 4.34. The third-order valence-electron chi connectivity index (χ3n) is 3.68. The van der Waals surface area contributed by atoms with Gasteiger partial charge in [0, 0.05) is 12.2 Å². The fraction of sp³-hybridized carbons (Fsp3) is 0.467. The first-order valence-corrected chi connectivity index (χ1v) is 7.05. The molecular formula is C15H20N4. The van der Waals surface area contributed by atoms with Crippen molar-refractivity contribution >= 4 is 16.9 Å². The van der Waals surface area contributed by atoms with Gasteiger partial charge in [-0.2, -0.15) is 0 Å². The van der Waals surface area contributed by atoms with Crippen molar-refractivity contribution in [3.63, 3.8) is 0 Å². The number of H-pyrrole nitrogens is 1. The monoisotopic (exact) mass is 256 g/mol. The molecule has 3 rings (SSSR count). The molecule has 2 aromatic rings. The first-order chi connectivity index (χ1) is 9.33. The topological polar surface area (TPSA) is 53.6 Å². The highest BCUT2D eigenvalue weighted by Gasteiger charge is 2.07. The smallest absolute Gasteiger partial charge is 0.143 e. The molecule has 0 amide bonds. The third-order valence-corrected chi connectivity index (χ3v) is 3.68. The standard InChI is InChI=1S/C15H20N4/c1-11-9-13-14(17-10-18-15(13)19-11)16-8-7-12-5-3-2-4-6-12/h5,9-10H,2-4,6-8H2,1H3,(H2,16,17,18,19). The van der Waals surface area contributed by atoms with E-state index in [1.54, 1.807) is 11.9 Å². The van der Waals surface area contributed by atoms with Gasteiger partial charge in [-0.05, 0) is 45.1 Å². The maximum absolute atomic E-state index is 4.34. The summed E-state index contributed by atoms with van der Waals surface area (Å²) in [6.07, 6.45) is 10.4. The van der Waals surface area contributed by atoms with Crippen LogP contribution >= 0.6 is 0 Å². The van der Waals surface area contributed by atoms with Crippen LogP contribution in [-0.4, -0.2) is 21.5 Å². The fourth-order valence-electron chi connectivity index (χ4n) is 2.69. The molecule has 2 aromatic heterocycles. The van der Waals surface area contributed by atoms with Gasteiger partial charge in [-0.1, -0.05) is 11.6 Å². The second kappa shape index (κ2) is 5.43. The number of aromatic nitrogens is 3. The number of rotatable bonds is 4. The Morgan fingerprint density at radius 1 is 1.32 bits per heavy atom. The first-order valence-electron chi connectivity index (χ1n) is 7.05. The zero-order valence-corrected chi connectivity index (χ0v) is 11.4. The Balaban J connectivity index is 1.66. The minimum absolute atomic E-state index is 0.909. The summed E-state index contributed by atoms with van der Waals surface area (Å²) in [6.45, 7) is 2.99. The van der Waals surface area contributed by atoms with Crippen LogP contribution in [-0.2, 0) is 0 Å². The minimum Gasteiger partial charge on any atom is -0.369 e. The van der Waals surface area contributed by atoms with E-state index in [2.05, 4.69) is 32.4 Å². The lowest BCUT2D eigenvalue weighted by molar-refractivity contribution is 0.679. The molecule has 2 heterocycles. The molecule has 0 saturated heterocycles. The van der Waals surface area contributed by atoms with Gasteiger partial charge in [-0.15, -0.1) is 0 Å². The van der Waals surface area contributed by atoms with Gasteiger partial charge in [0.15, 0.2) is 0 Å². The Labute approximate surface area is 113 Å². The summed E-state index contributed by atoms with van der Waals surface area (Å²) in [5.74, 6) is 0.936. The molecular weight excluding hydrogens is 236 g/mol. The SMILES string of the molecule is Cc1cc2c(NCCC3=CCCCC3)ncnc2[nH]1. The molecule has 0 radical (unpaired) electrons. The number of nitrogens with one attached hydrogen (secondary N) is 2. The molecule has 0 bridgehead atoms. The summed E-state index contributed by atoms with van der Waals surface area (Å²) >= 11 is 0. The molecule has 4 nitrogen and oxygen atoms in total. The van der Waals surface area contributed by atoms with Gasteiger partial charge in [0.05, 0.1) is 5.39 Å². The van der Waals surface area contributed by atoms with Crippen molar-refractivity contribution < 1.29 is 0 Å². The predicted molar refractivity (Wildman–Crippen MR) is 78.3 cm³/mol. The molecule has 1 aliphatic rings. The van der Waals surface area contributed by atoms with Crippen molar-refractivity contribution in [2.24, 2.45) is 0 Å². The summed E-state index contributed by atoms with van der Waals surface area (Å²) in [5.41, 5.74) is 3.62. The van der Waals surface area contributed by atoms with Crippen LogP contribution in [0.2, 0.25) is 0 Å². The molecule has 1 aliphatic carbocycles. The number of hydrogen-bond acceptors (Lipinski definition) is 3. The Morgan fingerprint density at radius 2 is 2.26 bits per heavy atom. The maximum Gasteiger partial charge on any atom is 0.143 e. The van der Waals surface area contributed by atoms with Gasteiger partial charge >= 0.3 is 0 Å². The molecule has 0 fully saturated rings. The van der Waals surface area contributed by atoms with Crippen LogP contribution in [0.15, 0.2) is 24.0 Å². The largest absolute Gasteiger partial charge is 0.369 e. The number of aromatic amines is 1. The van der Waals surface area contributed by atoms with Gasteiger partial charge in [0.1, 0.15) is 17.8 Å². The summed E-state index contributed by atoms with van der Waals surface area (Å²) in [6, 6.07) is 2.09. The fourth-order valence-corrected chi connectivity index (χ4v) is 2.69. The van der Waals surface area contributed by atoms with E-state index in [9.17, 15) is 0 Å². The van der Waals surface area contributed by atoms with Crippen LogP contribution in [0.1, 0.15) is 37.8 Å². The minimum atomic E-state index is 0.909. The van der Waals surface area contributed by atoms with E-state index in [-0.39, 0.29) is 0 Å². The molecule has 0 aliphatic heterocycles. The number of anilines is 1. The molecule has 0 atom stereocenters. The summed E-state index contributed by atoms with van der Waals surface area (Å²) in [7, 11) is 0. The number of hydrogen-bond donors (Lipinski definition) is 2. The summed E-state index contributed by atoms with van der Waals surface area (Å²) in [4.78, 5) is 11.8. The Kier molecular flexibility index (Phi) is 3.49. The van der Waals surface area contributed by atoms with Gasteiger partial charge in [-0.25, -0.2) is 9.97 Å². The zero-order chi connectivity index (χ0) is 13.1. The van der Waals surface area contributed by atoms with Crippen molar-refractivity contribution in [3.05, 3.63) is 29.7 Å². The van der Waals surface area contributed by atoms with Crippen molar-refractivity contribution in [1.82, 2.24) is 15.0 Å². The average Bonchev–Trinajstić information content (AvgIpc) is 2.81.